The predicted molar refractivity (Wildman–Crippen MR) is 63.5 cm³/mol. The van der Waals surface area contributed by atoms with Crippen LogP contribution in [0.5, 0.6) is 0 Å². The van der Waals surface area contributed by atoms with Gasteiger partial charge in [0.1, 0.15) is 6.10 Å². The second-order valence-electron chi connectivity index (χ2n) is 3.97. The first-order chi connectivity index (χ1) is 7.24. The van der Waals surface area contributed by atoms with Crippen LogP contribution in [0.2, 0.25) is 0 Å². The Labute approximate surface area is 93.1 Å². The summed E-state index contributed by atoms with van der Waals surface area (Å²) >= 11 is 0. The molecule has 83 valence electrons. The highest BCUT2D eigenvalue weighted by Crippen LogP contribution is 2.27. The van der Waals surface area contributed by atoms with Crippen LogP contribution in [-0.2, 0) is 17.9 Å². The zero-order valence-electron chi connectivity index (χ0n) is 10.0. The van der Waals surface area contributed by atoms with Gasteiger partial charge in [0.2, 0.25) is 0 Å². The fourth-order valence-electron chi connectivity index (χ4n) is 2.10. The molecule has 1 aromatic rings. The van der Waals surface area contributed by atoms with E-state index in [1.165, 1.54) is 11.1 Å². The Morgan fingerprint density at radius 3 is 2.00 bits per heavy atom. The zero-order valence-corrected chi connectivity index (χ0v) is 10.0. The second kappa shape index (κ2) is 5.92. The third kappa shape index (κ3) is 2.82. The molecule has 1 aromatic carbocycles. The van der Waals surface area contributed by atoms with Crippen molar-refractivity contribution in [1.29, 1.82) is 0 Å². The van der Waals surface area contributed by atoms with E-state index >= 15 is 0 Å². The fourth-order valence-corrected chi connectivity index (χ4v) is 2.10. The van der Waals surface area contributed by atoms with Crippen molar-refractivity contribution in [3.05, 3.63) is 34.9 Å². The normalized spacial score (nSPS) is 12.8. The SMILES string of the molecule is CCCC([O])c1c(CC)cccc1CC. The molecule has 1 unspecified atom stereocenters. The highest BCUT2D eigenvalue weighted by atomic mass is 16.3. The molecule has 0 aromatic heterocycles. The van der Waals surface area contributed by atoms with Gasteiger partial charge in [0.15, 0.2) is 0 Å². The zero-order chi connectivity index (χ0) is 11.3. The molecule has 0 spiro atoms. The molecule has 15 heavy (non-hydrogen) atoms. The van der Waals surface area contributed by atoms with Crippen LogP contribution in [0.25, 0.3) is 0 Å². The summed E-state index contributed by atoms with van der Waals surface area (Å²) in [6.45, 7) is 6.32. The monoisotopic (exact) mass is 205 g/mol. The van der Waals surface area contributed by atoms with Gasteiger partial charge >= 0.3 is 0 Å². The van der Waals surface area contributed by atoms with E-state index in [0.29, 0.717) is 0 Å². The highest BCUT2D eigenvalue weighted by molar-refractivity contribution is 5.37. The van der Waals surface area contributed by atoms with Gasteiger partial charge in [0.25, 0.3) is 0 Å². The van der Waals surface area contributed by atoms with Crippen LogP contribution in [-0.4, -0.2) is 0 Å². The molecule has 1 rings (SSSR count). The average Bonchev–Trinajstić information content (AvgIpc) is 2.28. The van der Waals surface area contributed by atoms with Crippen LogP contribution in [0.3, 0.4) is 0 Å². The predicted octanol–water partition coefficient (Wildman–Crippen LogP) is 4.08. The van der Waals surface area contributed by atoms with Gasteiger partial charge < -0.3 is 0 Å². The summed E-state index contributed by atoms with van der Waals surface area (Å²) in [7, 11) is 0. The van der Waals surface area contributed by atoms with Gasteiger partial charge in [-0.3, -0.25) is 0 Å². The molecule has 0 aliphatic carbocycles. The van der Waals surface area contributed by atoms with E-state index in [2.05, 4.69) is 39.0 Å². The van der Waals surface area contributed by atoms with Gasteiger partial charge in [0.05, 0.1) is 0 Å². The van der Waals surface area contributed by atoms with Gasteiger partial charge in [-0.15, -0.1) is 0 Å². The standard InChI is InChI=1S/C14H21O/c1-4-8-13(15)14-11(5-2)9-7-10-12(14)6-3/h7,9-10,13H,4-6,8H2,1-3H3. The lowest BCUT2D eigenvalue weighted by Crippen LogP contribution is -2.04. The first-order valence-electron chi connectivity index (χ1n) is 6.01. The lowest BCUT2D eigenvalue weighted by Gasteiger charge is -2.16. The first kappa shape index (κ1) is 12.3. The summed E-state index contributed by atoms with van der Waals surface area (Å²) < 4.78 is 0. The van der Waals surface area contributed by atoms with E-state index in [1.807, 2.05) is 0 Å². The van der Waals surface area contributed by atoms with Crippen molar-refractivity contribution >= 4 is 0 Å². The summed E-state index contributed by atoms with van der Waals surface area (Å²) in [6, 6.07) is 6.25. The number of hydrogen-bond donors (Lipinski definition) is 0. The minimum absolute atomic E-state index is 0.527. The Kier molecular flexibility index (Phi) is 4.83. The smallest absolute Gasteiger partial charge is 0.118 e. The number of aryl methyl sites for hydroxylation is 2. The Morgan fingerprint density at radius 2 is 1.60 bits per heavy atom. The van der Waals surface area contributed by atoms with Crippen molar-refractivity contribution in [2.75, 3.05) is 0 Å². The summed E-state index contributed by atoms with van der Waals surface area (Å²) in [4.78, 5) is 0. The van der Waals surface area contributed by atoms with Gasteiger partial charge in [0, 0.05) is 0 Å². The quantitative estimate of drug-likeness (QED) is 0.690. The van der Waals surface area contributed by atoms with E-state index in [1.54, 1.807) is 0 Å². The van der Waals surface area contributed by atoms with Crippen molar-refractivity contribution in [1.82, 2.24) is 0 Å². The van der Waals surface area contributed by atoms with Crippen LogP contribution in [0, 0.1) is 0 Å². The number of hydrogen-bond acceptors (Lipinski definition) is 0. The van der Waals surface area contributed by atoms with Crippen LogP contribution in [0.1, 0.15) is 56.4 Å². The van der Waals surface area contributed by atoms with Crippen LogP contribution in [0.4, 0.5) is 0 Å². The van der Waals surface area contributed by atoms with Crippen LogP contribution < -0.4 is 0 Å². The maximum atomic E-state index is 12.1. The lowest BCUT2D eigenvalue weighted by atomic mass is 9.92. The molecule has 0 bridgehead atoms. The van der Waals surface area contributed by atoms with Gasteiger partial charge in [-0.25, -0.2) is 5.11 Å². The molecule has 0 amide bonds. The summed E-state index contributed by atoms with van der Waals surface area (Å²) in [5, 5.41) is 12.1. The fraction of sp³-hybridized carbons (Fsp3) is 0.571. The van der Waals surface area contributed by atoms with E-state index in [4.69, 9.17) is 0 Å². The molecule has 1 radical (unpaired) electrons. The lowest BCUT2D eigenvalue weighted by molar-refractivity contribution is 0.0790. The molecular weight excluding hydrogens is 184 g/mol. The molecule has 0 heterocycles. The van der Waals surface area contributed by atoms with E-state index in [-0.39, 0.29) is 0 Å². The third-order valence-electron chi connectivity index (χ3n) is 2.92. The maximum absolute atomic E-state index is 12.1. The molecule has 1 nitrogen and oxygen atoms in total. The molecule has 0 aliphatic heterocycles. The largest absolute Gasteiger partial charge is 0.228 e. The highest BCUT2D eigenvalue weighted by Gasteiger charge is 2.15. The molecule has 0 N–H and O–H groups in total. The average molecular weight is 205 g/mol. The van der Waals surface area contributed by atoms with Crippen LogP contribution in [0.15, 0.2) is 18.2 Å². The van der Waals surface area contributed by atoms with E-state index in [0.717, 1.165) is 31.2 Å². The van der Waals surface area contributed by atoms with Crippen molar-refractivity contribution < 1.29 is 5.11 Å². The van der Waals surface area contributed by atoms with E-state index in [9.17, 15) is 5.11 Å². The van der Waals surface area contributed by atoms with Gasteiger partial charge in [-0.1, -0.05) is 45.4 Å². The van der Waals surface area contributed by atoms with Crippen molar-refractivity contribution in [2.45, 2.75) is 52.6 Å². The second-order valence-corrected chi connectivity index (χ2v) is 3.97. The van der Waals surface area contributed by atoms with Crippen molar-refractivity contribution in [3.63, 3.8) is 0 Å². The van der Waals surface area contributed by atoms with Gasteiger partial charge in [-0.05, 0) is 36.0 Å². The molecule has 1 atom stereocenters. The topological polar surface area (TPSA) is 19.9 Å². The molecule has 0 aliphatic rings. The maximum Gasteiger partial charge on any atom is 0.118 e. The Bertz CT molecular complexity index is 282. The van der Waals surface area contributed by atoms with Crippen molar-refractivity contribution in [2.24, 2.45) is 0 Å². The third-order valence-corrected chi connectivity index (χ3v) is 2.92. The minimum Gasteiger partial charge on any atom is -0.228 e. The summed E-state index contributed by atoms with van der Waals surface area (Å²) in [6.07, 6.45) is 3.12. The first-order valence-corrected chi connectivity index (χ1v) is 6.01. The number of benzene rings is 1. The summed E-state index contributed by atoms with van der Waals surface area (Å²) in [5.41, 5.74) is 3.55. The molecule has 0 fully saturated rings. The van der Waals surface area contributed by atoms with Gasteiger partial charge in [-0.2, -0.15) is 0 Å². The molecule has 0 saturated carbocycles. The molecule has 0 saturated heterocycles. The molecule has 1 heteroatoms. The minimum atomic E-state index is -0.527. The van der Waals surface area contributed by atoms with Crippen molar-refractivity contribution in [3.8, 4) is 0 Å². The summed E-state index contributed by atoms with van der Waals surface area (Å²) in [5.74, 6) is 0. The molecular formula is C14H21O. The van der Waals surface area contributed by atoms with E-state index < -0.39 is 6.10 Å². The Hall–Kier alpha value is -0.820. The Morgan fingerprint density at radius 1 is 1.07 bits per heavy atom. The van der Waals surface area contributed by atoms with Crippen LogP contribution >= 0.6 is 0 Å². The number of rotatable bonds is 5. The Balaban J connectivity index is 3.09.